The lowest BCUT2D eigenvalue weighted by atomic mass is 10.1. The van der Waals surface area contributed by atoms with Crippen LogP contribution in [0.4, 0.5) is 0 Å². The molecule has 19 heavy (non-hydrogen) atoms. The molecule has 2 rings (SSSR count). The summed E-state index contributed by atoms with van der Waals surface area (Å²) in [4.78, 5) is 2.33. The monoisotopic (exact) mass is 265 g/mol. The van der Waals surface area contributed by atoms with Crippen molar-refractivity contribution in [3.63, 3.8) is 0 Å². The van der Waals surface area contributed by atoms with Gasteiger partial charge in [0.05, 0.1) is 19.3 Å². The van der Waals surface area contributed by atoms with E-state index in [0.717, 1.165) is 49.7 Å². The Morgan fingerprint density at radius 2 is 2.11 bits per heavy atom. The summed E-state index contributed by atoms with van der Waals surface area (Å²) >= 11 is 0. The molecule has 0 radical (unpaired) electrons. The van der Waals surface area contributed by atoms with Crippen molar-refractivity contribution in [2.24, 2.45) is 0 Å². The van der Waals surface area contributed by atoms with Crippen LogP contribution >= 0.6 is 0 Å². The minimum Gasteiger partial charge on any atom is -0.492 e. The van der Waals surface area contributed by atoms with Crippen molar-refractivity contribution in [2.75, 3.05) is 39.5 Å². The quantitative estimate of drug-likeness (QED) is 0.881. The van der Waals surface area contributed by atoms with Gasteiger partial charge in [0.1, 0.15) is 12.4 Å². The van der Waals surface area contributed by atoms with E-state index in [1.54, 1.807) is 6.92 Å². The predicted octanol–water partition coefficient (Wildman–Crippen LogP) is 1.76. The molecule has 1 aliphatic heterocycles. The summed E-state index contributed by atoms with van der Waals surface area (Å²) in [6, 6.07) is 5.92. The van der Waals surface area contributed by atoms with Crippen molar-refractivity contribution < 1.29 is 14.6 Å². The van der Waals surface area contributed by atoms with Gasteiger partial charge in [0, 0.05) is 25.2 Å². The molecule has 4 heteroatoms. The minimum atomic E-state index is -0.501. The number of hydrogen-bond donors (Lipinski definition) is 1. The number of benzene rings is 1. The molecule has 1 atom stereocenters. The molecule has 1 fully saturated rings. The molecule has 1 N–H and O–H groups in total. The smallest absolute Gasteiger partial charge is 0.125 e. The van der Waals surface area contributed by atoms with E-state index in [-0.39, 0.29) is 0 Å². The molecule has 1 aromatic carbocycles. The predicted molar refractivity (Wildman–Crippen MR) is 74.6 cm³/mol. The van der Waals surface area contributed by atoms with Gasteiger partial charge < -0.3 is 14.6 Å². The number of rotatable bonds is 5. The standard InChI is InChI=1S/C15H23NO3/c1-12-3-4-14(13(2)17)15(11-12)19-10-7-16-5-8-18-9-6-16/h3-4,11,13,17H,5-10H2,1-2H3/t13-/m1/s1. The molecule has 0 bridgehead atoms. The van der Waals surface area contributed by atoms with Crippen LogP contribution in [-0.2, 0) is 4.74 Å². The lowest BCUT2D eigenvalue weighted by Gasteiger charge is -2.26. The van der Waals surface area contributed by atoms with Crippen LogP contribution < -0.4 is 4.74 Å². The second-order valence-electron chi connectivity index (χ2n) is 5.02. The van der Waals surface area contributed by atoms with E-state index in [9.17, 15) is 5.11 Å². The molecule has 1 heterocycles. The summed E-state index contributed by atoms with van der Waals surface area (Å²) in [6.07, 6.45) is -0.501. The molecule has 0 spiro atoms. The van der Waals surface area contributed by atoms with Gasteiger partial charge in [-0.25, -0.2) is 0 Å². The highest BCUT2D eigenvalue weighted by Crippen LogP contribution is 2.26. The molecule has 1 aliphatic rings. The number of aliphatic hydroxyl groups excluding tert-OH is 1. The van der Waals surface area contributed by atoms with Gasteiger partial charge >= 0.3 is 0 Å². The fraction of sp³-hybridized carbons (Fsp3) is 0.600. The summed E-state index contributed by atoms with van der Waals surface area (Å²) in [7, 11) is 0. The van der Waals surface area contributed by atoms with Crippen molar-refractivity contribution in [3.8, 4) is 5.75 Å². The highest BCUT2D eigenvalue weighted by atomic mass is 16.5. The number of aryl methyl sites for hydroxylation is 1. The first-order chi connectivity index (χ1) is 9.16. The lowest BCUT2D eigenvalue weighted by molar-refractivity contribution is 0.0320. The normalized spacial score (nSPS) is 18.3. The van der Waals surface area contributed by atoms with Crippen LogP contribution in [0.3, 0.4) is 0 Å². The summed E-state index contributed by atoms with van der Waals surface area (Å²) in [5, 5.41) is 9.74. The number of ether oxygens (including phenoxy) is 2. The van der Waals surface area contributed by atoms with Crippen molar-refractivity contribution in [1.82, 2.24) is 4.90 Å². The van der Waals surface area contributed by atoms with Crippen LogP contribution in [0.2, 0.25) is 0 Å². The Bertz CT molecular complexity index is 400. The Labute approximate surface area is 114 Å². The fourth-order valence-corrected chi connectivity index (χ4v) is 2.22. The average Bonchev–Trinajstić information content (AvgIpc) is 2.39. The van der Waals surface area contributed by atoms with E-state index < -0.39 is 6.10 Å². The minimum absolute atomic E-state index is 0.501. The maximum atomic E-state index is 9.74. The van der Waals surface area contributed by atoms with Gasteiger partial charge in [0.2, 0.25) is 0 Å². The molecule has 1 aromatic rings. The first kappa shape index (κ1) is 14.3. The van der Waals surface area contributed by atoms with Crippen LogP contribution in [0, 0.1) is 6.92 Å². The Hall–Kier alpha value is -1.10. The molecular formula is C15H23NO3. The topological polar surface area (TPSA) is 41.9 Å². The third-order valence-electron chi connectivity index (χ3n) is 3.39. The van der Waals surface area contributed by atoms with Crippen molar-refractivity contribution in [2.45, 2.75) is 20.0 Å². The van der Waals surface area contributed by atoms with Gasteiger partial charge in [-0.3, -0.25) is 4.90 Å². The molecule has 0 aliphatic carbocycles. The maximum Gasteiger partial charge on any atom is 0.125 e. The van der Waals surface area contributed by atoms with Gasteiger partial charge in [-0.15, -0.1) is 0 Å². The zero-order chi connectivity index (χ0) is 13.7. The summed E-state index contributed by atoms with van der Waals surface area (Å²) in [5.41, 5.74) is 2.00. The summed E-state index contributed by atoms with van der Waals surface area (Å²) in [6.45, 7) is 8.90. The fourth-order valence-electron chi connectivity index (χ4n) is 2.22. The van der Waals surface area contributed by atoms with E-state index in [1.165, 1.54) is 0 Å². The van der Waals surface area contributed by atoms with Crippen LogP contribution in [-0.4, -0.2) is 49.5 Å². The zero-order valence-corrected chi connectivity index (χ0v) is 11.8. The molecule has 0 saturated carbocycles. The molecule has 4 nitrogen and oxygen atoms in total. The Kier molecular flexibility index (Phi) is 5.19. The van der Waals surface area contributed by atoms with Crippen LogP contribution in [0.5, 0.6) is 5.75 Å². The average molecular weight is 265 g/mol. The largest absolute Gasteiger partial charge is 0.492 e. The molecule has 1 saturated heterocycles. The SMILES string of the molecule is Cc1ccc([C@@H](C)O)c(OCCN2CCOCC2)c1. The van der Waals surface area contributed by atoms with Crippen LogP contribution in [0.1, 0.15) is 24.2 Å². The molecule has 0 amide bonds. The third kappa shape index (κ3) is 4.20. The van der Waals surface area contributed by atoms with E-state index in [4.69, 9.17) is 9.47 Å². The highest BCUT2D eigenvalue weighted by molar-refractivity contribution is 5.38. The summed E-state index contributed by atoms with van der Waals surface area (Å²) < 4.78 is 11.2. The molecule has 0 unspecified atom stereocenters. The first-order valence-corrected chi connectivity index (χ1v) is 6.88. The number of nitrogens with zero attached hydrogens (tertiary/aromatic N) is 1. The molecule has 0 aromatic heterocycles. The lowest BCUT2D eigenvalue weighted by Crippen LogP contribution is -2.38. The van der Waals surface area contributed by atoms with Crippen molar-refractivity contribution in [3.05, 3.63) is 29.3 Å². The highest BCUT2D eigenvalue weighted by Gasteiger charge is 2.12. The number of morpholine rings is 1. The van der Waals surface area contributed by atoms with Gasteiger partial charge in [-0.2, -0.15) is 0 Å². The van der Waals surface area contributed by atoms with Gasteiger partial charge in [0.15, 0.2) is 0 Å². The molecular weight excluding hydrogens is 242 g/mol. The summed E-state index contributed by atoms with van der Waals surface area (Å²) in [5.74, 6) is 0.795. The number of hydrogen-bond acceptors (Lipinski definition) is 4. The van der Waals surface area contributed by atoms with E-state index in [2.05, 4.69) is 4.90 Å². The zero-order valence-electron chi connectivity index (χ0n) is 11.8. The van der Waals surface area contributed by atoms with E-state index >= 15 is 0 Å². The van der Waals surface area contributed by atoms with Gasteiger partial charge in [-0.05, 0) is 25.5 Å². The second kappa shape index (κ2) is 6.89. The molecule has 106 valence electrons. The first-order valence-electron chi connectivity index (χ1n) is 6.88. The van der Waals surface area contributed by atoms with Gasteiger partial charge in [0.25, 0.3) is 0 Å². The van der Waals surface area contributed by atoms with Crippen molar-refractivity contribution >= 4 is 0 Å². The van der Waals surface area contributed by atoms with Crippen LogP contribution in [0.25, 0.3) is 0 Å². The Morgan fingerprint density at radius 1 is 1.37 bits per heavy atom. The number of aliphatic hydroxyl groups is 1. The van der Waals surface area contributed by atoms with Crippen molar-refractivity contribution in [1.29, 1.82) is 0 Å². The van der Waals surface area contributed by atoms with Gasteiger partial charge in [-0.1, -0.05) is 12.1 Å². The van der Waals surface area contributed by atoms with E-state index in [1.807, 2.05) is 25.1 Å². The maximum absolute atomic E-state index is 9.74. The second-order valence-corrected chi connectivity index (χ2v) is 5.02. The Balaban J connectivity index is 1.89. The van der Waals surface area contributed by atoms with E-state index in [0.29, 0.717) is 6.61 Å². The van der Waals surface area contributed by atoms with Crippen LogP contribution in [0.15, 0.2) is 18.2 Å². The third-order valence-corrected chi connectivity index (χ3v) is 3.39. The Morgan fingerprint density at radius 3 is 2.79 bits per heavy atom.